The van der Waals surface area contributed by atoms with E-state index in [-0.39, 0.29) is 10.6 Å². The number of nitrogens with zero attached hydrogens (tertiary/aromatic N) is 1. The molecule has 0 aliphatic rings. The number of para-hydroxylation sites is 1. The number of rotatable bonds is 6. The van der Waals surface area contributed by atoms with Gasteiger partial charge in [0.15, 0.2) is 0 Å². The Balaban J connectivity index is 2.63. The highest BCUT2D eigenvalue weighted by Gasteiger charge is 2.14. The quantitative estimate of drug-likeness (QED) is 0.572. The molecule has 0 saturated heterocycles. The van der Waals surface area contributed by atoms with Gasteiger partial charge in [0.25, 0.3) is 5.69 Å². The number of hydrogen-bond acceptors (Lipinski definition) is 3. The van der Waals surface area contributed by atoms with Crippen LogP contribution in [0.5, 0.6) is 0 Å². The standard InChI is InChI=1S/C11H16N2O3/c1-9(8-16-2)12-7-10-5-3-4-6-11(10)13(14)15/h3-6,9,12H,7-8H2,1-2H3/p+1/t9-/m1/s1. The van der Waals surface area contributed by atoms with Gasteiger partial charge < -0.3 is 10.1 Å². The van der Waals surface area contributed by atoms with Crippen LogP contribution < -0.4 is 5.32 Å². The number of nitrogens with two attached hydrogens (primary N) is 1. The lowest BCUT2D eigenvalue weighted by molar-refractivity contribution is -0.703. The number of ether oxygens (including phenoxy) is 1. The van der Waals surface area contributed by atoms with E-state index in [4.69, 9.17) is 4.74 Å². The molecule has 5 nitrogen and oxygen atoms in total. The summed E-state index contributed by atoms with van der Waals surface area (Å²) in [6.07, 6.45) is 0. The van der Waals surface area contributed by atoms with Crippen LogP contribution in [0.2, 0.25) is 0 Å². The maximum Gasteiger partial charge on any atom is 0.278 e. The van der Waals surface area contributed by atoms with Crippen LogP contribution in [0.3, 0.4) is 0 Å². The molecule has 5 heteroatoms. The van der Waals surface area contributed by atoms with E-state index in [1.807, 2.05) is 18.3 Å². The van der Waals surface area contributed by atoms with Gasteiger partial charge in [-0.3, -0.25) is 10.1 Å². The number of methoxy groups -OCH3 is 1. The molecular weight excluding hydrogens is 208 g/mol. The molecule has 0 radical (unpaired) electrons. The van der Waals surface area contributed by atoms with E-state index in [9.17, 15) is 10.1 Å². The van der Waals surface area contributed by atoms with Crippen LogP contribution in [0.15, 0.2) is 24.3 Å². The molecule has 0 bridgehead atoms. The second kappa shape index (κ2) is 6.19. The fraction of sp³-hybridized carbons (Fsp3) is 0.455. The molecule has 2 N–H and O–H groups in total. The zero-order valence-corrected chi connectivity index (χ0v) is 9.55. The second-order valence-electron chi connectivity index (χ2n) is 3.76. The third kappa shape index (κ3) is 3.60. The van der Waals surface area contributed by atoms with E-state index in [1.165, 1.54) is 6.07 Å². The molecular formula is C11H17N2O3+. The van der Waals surface area contributed by atoms with Crippen molar-refractivity contribution in [2.45, 2.75) is 19.5 Å². The third-order valence-electron chi connectivity index (χ3n) is 2.36. The summed E-state index contributed by atoms with van der Waals surface area (Å²) in [5.41, 5.74) is 0.929. The van der Waals surface area contributed by atoms with Gasteiger partial charge >= 0.3 is 0 Å². The molecule has 88 valence electrons. The molecule has 16 heavy (non-hydrogen) atoms. The molecule has 1 aromatic carbocycles. The molecule has 0 amide bonds. The smallest absolute Gasteiger partial charge is 0.278 e. The van der Waals surface area contributed by atoms with Crippen molar-refractivity contribution in [3.63, 3.8) is 0 Å². The predicted molar refractivity (Wildman–Crippen MR) is 60.1 cm³/mol. The second-order valence-corrected chi connectivity index (χ2v) is 3.76. The van der Waals surface area contributed by atoms with Crippen LogP contribution in [0, 0.1) is 10.1 Å². The lowest BCUT2D eigenvalue weighted by Gasteiger charge is -2.09. The van der Waals surface area contributed by atoms with Crippen molar-refractivity contribution >= 4 is 5.69 Å². The van der Waals surface area contributed by atoms with Crippen LogP contribution in [0.1, 0.15) is 12.5 Å². The van der Waals surface area contributed by atoms with Crippen molar-refractivity contribution in [1.29, 1.82) is 0 Å². The molecule has 0 fully saturated rings. The highest BCUT2D eigenvalue weighted by atomic mass is 16.6. The van der Waals surface area contributed by atoms with Gasteiger partial charge in [-0.15, -0.1) is 0 Å². The van der Waals surface area contributed by atoms with Gasteiger partial charge in [-0.1, -0.05) is 12.1 Å². The largest absolute Gasteiger partial charge is 0.379 e. The Hall–Kier alpha value is -1.46. The SMILES string of the molecule is COC[C@@H](C)[NH2+]Cc1ccccc1[N+](=O)[O-]. The van der Waals surface area contributed by atoms with Gasteiger partial charge in [-0.05, 0) is 13.0 Å². The Morgan fingerprint density at radius 1 is 1.50 bits per heavy atom. The molecule has 1 rings (SSSR count). The van der Waals surface area contributed by atoms with E-state index in [1.54, 1.807) is 19.2 Å². The Kier molecular flexibility index (Phi) is 4.88. The van der Waals surface area contributed by atoms with Gasteiger partial charge in [0.2, 0.25) is 0 Å². The van der Waals surface area contributed by atoms with E-state index in [0.717, 1.165) is 5.56 Å². The Morgan fingerprint density at radius 3 is 2.81 bits per heavy atom. The van der Waals surface area contributed by atoms with Crippen molar-refractivity contribution < 1.29 is 15.0 Å². The first kappa shape index (κ1) is 12.6. The molecule has 0 unspecified atom stereocenters. The van der Waals surface area contributed by atoms with Crippen LogP contribution in [0.25, 0.3) is 0 Å². The number of benzene rings is 1. The molecule has 1 atom stereocenters. The molecule has 0 aromatic heterocycles. The summed E-state index contributed by atoms with van der Waals surface area (Å²) in [6, 6.07) is 7.11. The Bertz CT molecular complexity index is 355. The van der Waals surface area contributed by atoms with Crippen LogP contribution in [-0.2, 0) is 11.3 Å². The van der Waals surface area contributed by atoms with Crippen molar-refractivity contribution in [1.82, 2.24) is 0 Å². The van der Waals surface area contributed by atoms with Gasteiger partial charge in [0.05, 0.1) is 17.1 Å². The molecule has 0 heterocycles. The van der Waals surface area contributed by atoms with Gasteiger partial charge in [-0.2, -0.15) is 0 Å². The summed E-state index contributed by atoms with van der Waals surface area (Å²) in [4.78, 5) is 10.4. The van der Waals surface area contributed by atoms with Gasteiger partial charge in [0, 0.05) is 13.2 Å². The lowest BCUT2D eigenvalue weighted by Crippen LogP contribution is -2.88. The average Bonchev–Trinajstić information content (AvgIpc) is 2.27. The van der Waals surface area contributed by atoms with Crippen LogP contribution in [0.4, 0.5) is 5.69 Å². The lowest BCUT2D eigenvalue weighted by atomic mass is 10.1. The zero-order valence-electron chi connectivity index (χ0n) is 9.55. The van der Waals surface area contributed by atoms with Crippen molar-refractivity contribution in [2.75, 3.05) is 13.7 Å². The predicted octanol–water partition coefficient (Wildman–Crippen LogP) is 0.693. The first-order chi connectivity index (χ1) is 7.65. The molecule has 0 aliphatic carbocycles. The fourth-order valence-electron chi connectivity index (χ4n) is 1.52. The zero-order chi connectivity index (χ0) is 12.0. The summed E-state index contributed by atoms with van der Waals surface area (Å²) in [5.74, 6) is 0. The summed E-state index contributed by atoms with van der Waals surface area (Å²) < 4.78 is 5.00. The minimum Gasteiger partial charge on any atom is -0.379 e. The van der Waals surface area contributed by atoms with E-state index >= 15 is 0 Å². The van der Waals surface area contributed by atoms with Gasteiger partial charge in [-0.25, -0.2) is 0 Å². The van der Waals surface area contributed by atoms with E-state index < -0.39 is 0 Å². The summed E-state index contributed by atoms with van der Waals surface area (Å²) in [7, 11) is 1.65. The van der Waals surface area contributed by atoms with Crippen LogP contribution >= 0.6 is 0 Å². The number of quaternary nitrogens is 1. The Labute approximate surface area is 94.6 Å². The fourth-order valence-corrected chi connectivity index (χ4v) is 1.52. The van der Waals surface area contributed by atoms with E-state index in [2.05, 4.69) is 0 Å². The molecule has 0 saturated carbocycles. The highest BCUT2D eigenvalue weighted by Crippen LogP contribution is 2.15. The maximum atomic E-state index is 10.8. The minimum absolute atomic E-state index is 0.184. The topological polar surface area (TPSA) is 69.0 Å². The average molecular weight is 225 g/mol. The summed E-state index contributed by atoms with van der Waals surface area (Å²) >= 11 is 0. The normalized spacial score (nSPS) is 12.4. The first-order valence-corrected chi connectivity index (χ1v) is 5.19. The molecule has 0 spiro atoms. The van der Waals surface area contributed by atoms with Crippen molar-refractivity contribution in [3.05, 3.63) is 39.9 Å². The maximum absolute atomic E-state index is 10.8. The minimum atomic E-state index is -0.343. The monoisotopic (exact) mass is 225 g/mol. The first-order valence-electron chi connectivity index (χ1n) is 5.19. The number of nitro benzene ring substituents is 1. The number of hydrogen-bond donors (Lipinski definition) is 1. The van der Waals surface area contributed by atoms with Crippen molar-refractivity contribution in [2.24, 2.45) is 0 Å². The van der Waals surface area contributed by atoms with Crippen LogP contribution in [-0.4, -0.2) is 24.7 Å². The Morgan fingerprint density at radius 2 is 2.19 bits per heavy atom. The summed E-state index contributed by atoms with van der Waals surface area (Å²) in [5, 5.41) is 12.8. The third-order valence-corrected chi connectivity index (χ3v) is 2.36. The van der Waals surface area contributed by atoms with Gasteiger partial charge in [0.1, 0.15) is 12.6 Å². The highest BCUT2D eigenvalue weighted by molar-refractivity contribution is 5.38. The van der Waals surface area contributed by atoms with Crippen molar-refractivity contribution in [3.8, 4) is 0 Å². The number of nitro groups is 1. The molecule has 1 aromatic rings. The molecule has 0 aliphatic heterocycles. The summed E-state index contributed by atoms with van der Waals surface area (Å²) in [6.45, 7) is 3.26. The van der Waals surface area contributed by atoms with E-state index in [0.29, 0.717) is 19.2 Å².